The van der Waals surface area contributed by atoms with Gasteiger partial charge >= 0.3 is 0 Å². The zero-order chi connectivity index (χ0) is 27.3. The van der Waals surface area contributed by atoms with E-state index in [9.17, 15) is 9.59 Å². The molecule has 0 aliphatic carbocycles. The topological polar surface area (TPSA) is 85.7 Å². The van der Waals surface area contributed by atoms with Gasteiger partial charge < -0.3 is 19.7 Å². The van der Waals surface area contributed by atoms with E-state index in [1.807, 2.05) is 32.0 Å². The molecule has 1 heterocycles. The number of hydrogen-bond acceptors (Lipinski definition) is 5. The minimum atomic E-state index is -0.334. The molecule has 198 valence electrons. The van der Waals surface area contributed by atoms with Crippen LogP contribution in [-0.2, 0) is 10.2 Å². The number of nitrogens with one attached hydrogen (secondary N) is 1. The van der Waals surface area contributed by atoms with Crippen LogP contribution in [0, 0.1) is 5.92 Å². The second-order valence-corrected chi connectivity index (χ2v) is 10.7. The van der Waals surface area contributed by atoms with E-state index in [0.29, 0.717) is 34.4 Å². The van der Waals surface area contributed by atoms with Gasteiger partial charge in [0.1, 0.15) is 23.9 Å². The summed E-state index contributed by atoms with van der Waals surface area (Å²) in [5.41, 5.74) is 1.72. The lowest BCUT2D eigenvalue weighted by Crippen LogP contribution is -2.40. The van der Waals surface area contributed by atoms with E-state index in [1.54, 1.807) is 35.0 Å². The van der Waals surface area contributed by atoms with E-state index in [2.05, 4.69) is 26.1 Å². The number of aromatic nitrogens is 2. The number of hydrogen-bond donors (Lipinski definition) is 1. The molecule has 1 N–H and O–H groups in total. The van der Waals surface area contributed by atoms with Crippen molar-refractivity contribution in [1.29, 1.82) is 0 Å². The number of methoxy groups -OCH3 is 2. The minimum absolute atomic E-state index is 0.132. The number of ether oxygens (including phenoxy) is 2. The quantitative estimate of drug-likeness (QED) is 0.393. The third kappa shape index (κ3) is 7.26. The first-order chi connectivity index (χ1) is 17.4. The van der Waals surface area contributed by atoms with Crippen LogP contribution in [0.1, 0.15) is 50.7 Å². The summed E-state index contributed by atoms with van der Waals surface area (Å²) in [6.07, 6.45) is 0. The second kappa shape index (κ2) is 11.7. The summed E-state index contributed by atoms with van der Waals surface area (Å²) < 4.78 is 12.3. The lowest BCUT2D eigenvalue weighted by Gasteiger charge is -2.24. The van der Waals surface area contributed by atoms with Gasteiger partial charge in [-0.25, -0.2) is 4.68 Å². The molecule has 3 aromatic rings. The highest BCUT2D eigenvalue weighted by Gasteiger charge is 2.24. The van der Waals surface area contributed by atoms with Gasteiger partial charge in [-0.15, -0.1) is 0 Å². The van der Waals surface area contributed by atoms with Crippen molar-refractivity contribution in [3.05, 3.63) is 64.8 Å². The molecule has 0 unspecified atom stereocenters. The standard InChI is InChI=1S/C28H35ClN4O4/c1-18(2)16-32(27(35)19-12-22(36-6)14-23(13-19)37-7)17-26(34)30-25-15-24(28(3,4)5)31-33(25)21-10-8-20(29)9-11-21/h8-15,18H,16-17H2,1-7H3,(H,30,34). The number of rotatable bonds is 9. The second-order valence-electron chi connectivity index (χ2n) is 10.3. The van der Waals surface area contributed by atoms with E-state index in [1.165, 1.54) is 19.1 Å². The molecule has 2 aromatic carbocycles. The van der Waals surface area contributed by atoms with E-state index in [0.717, 1.165) is 11.4 Å². The van der Waals surface area contributed by atoms with Gasteiger partial charge in [-0.3, -0.25) is 9.59 Å². The van der Waals surface area contributed by atoms with Gasteiger partial charge in [-0.2, -0.15) is 5.10 Å². The maximum absolute atomic E-state index is 13.5. The van der Waals surface area contributed by atoms with E-state index in [4.69, 9.17) is 26.2 Å². The predicted octanol–water partition coefficient (Wildman–Crippen LogP) is 5.58. The SMILES string of the molecule is COc1cc(OC)cc(C(=O)N(CC(=O)Nc2cc(C(C)(C)C)nn2-c2ccc(Cl)cc2)CC(C)C)c1. The highest BCUT2D eigenvalue weighted by Crippen LogP contribution is 2.27. The Kier molecular flexibility index (Phi) is 8.86. The molecule has 0 saturated carbocycles. The van der Waals surface area contributed by atoms with E-state index in [-0.39, 0.29) is 29.7 Å². The molecule has 0 fully saturated rings. The average Bonchev–Trinajstić information content (AvgIpc) is 3.27. The van der Waals surface area contributed by atoms with Crippen LogP contribution in [0.3, 0.4) is 0 Å². The van der Waals surface area contributed by atoms with Gasteiger partial charge in [0.15, 0.2) is 0 Å². The number of carbonyl (C=O) groups excluding carboxylic acids is 2. The Morgan fingerprint density at radius 1 is 1.03 bits per heavy atom. The molecule has 9 heteroatoms. The molecule has 1 aromatic heterocycles. The smallest absolute Gasteiger partial charge is 0.254 e. The van der Waals surface area contributed by atoms with Crippen molar-refractivity contribution in [1.82, 2.24) is 14.7 Å². The summed E-state index contributed by atoms with van der Waals surface area (Å²) >= 11 is 6.07. The molecule has 0 aliphatic heterocycles. The molecule has 8 nitrogen and oxygen atoms in total. The Hall–Kier alpha value is -3.52. The van der Waals surface area contributed by atoms with Crippen molar-refractivity contribution in [2.45, 2.75) is 40.0 Å². The van der Waals surface area contributed by atoms with Gasteiger partial charge in [-0.05, 0) is 42.3 Å². The van der Waals surface area contributed by atoms with Crippen molar-refractivity contribution in [2.24, 2.45) is 5.92 Å². The zero-order valence-corrected chi connectivity index (χ0v) is 23.2. The molecular weight excluding hydrogens is 492 g/mol. The molecular formula is C28H35ClN4O4. The van der Waals surface area contributed by atoms with Gasteiger partial charge in [-0.1, -0.05) is 46.2 Å². The molecule has 0 atom stereocenters. The van der Waals surface area contributed by atoms with Crippen molar-refractivity contribution in [2.75, 3.05) is 32.6 Å². The van der Waals surface area contributed by atoms with Crippen LogP contribution < -0.4 is 14.8 Å². The van der Waals surface area contributed by atoms with Crippen LogP contribution >= 0.6 is 11.6 Å². The van der Waals surface area contributed by atoms with Gasteiger partial charge in [0.2, 0.25) is 5.91 Å². The van der Waals surface area contributed by atoms with Crippen LogP contribution in [0.15, 0.2) is 48.5 Å². The first-order valence-electron chi connectivity index (χ1n) is 12.1. The summed E-state index contributed by atoms with van der Waals surface area (Å²) in [5.74, 6) is 1.03. The summed E-state index contributed by atoms with van der Waals surface area (Å²) in [6, 6.07) is 14.0. The van der Waals surface area contributed by atoms with Crippen LogP contribution in [0.25, 0.3) is 5.69 Å². The zero-order valence-electron chi connectivity index (χ0n) is 22.5. The monoisotopic (exact) mass is 526 g/mol. The number of anilines is 1. The molecule has 0 aliphatic rings. The van der Waals surface area contributed by atoms with Crippen LogP contribution in [0.2, 0.25) is 5.02 Å². The van der Waals surface area contributed by atoms with Crippen LogP contribution in [0.5, 0.6) is 11.5 Å². The van der Waals surface area contributed by atoms with Gasteiger partial charge in [0, 0.05) is 34.7 Å². The van der Waals surface area contributed by atoms with E-state index < -0.39 is 0 Å². The first-order valence-corrected chi connectivity index (χ1v) is 12.5. The Morgan fingerprint density at radius 2 is 1.62 bits per heavy atom. The largest absolute Gasteiger partial charge is 0.497 e. The molecule has 0 saturated heterocycles. The fourth-order valence-corrected chi connectivity index (χ4v) is 3.87. The van der Waals surface area contributed by atoms with Gasteiger partial charge in [0.25, 0.3) is 5.91 Å². The molecule has 3 rings (SSSR count). The Balaban J connectivity index is 1.89. The van der Waals surface area contributed by atoms with Crippen molar-refractivity contribution >= 4 is 29.2 Å². The van der Waals surface area contributed by atoms with Crippen molar-refractivity contribution in [3.8, 4) is 17.2 Å². The van der Waals surface area contributed by atoms with Gasteiger partial charge in [0.05, 0.1) is 25.6 Å². The number of nitrogens with zero attached hydrogens (tertiary/aromatic N) is 3. The molecule has 0 spiro atoms. The molecule has 0 bridgehead atoms. The Morgan fingerprint density at radius 3 is 2.14 bits per heavy atom. The highest BCUT2D eigenvalue weighted by molar-refractivity contribution is 6.30. The fourth-order valence-electron chi connectivity index (χ4n) is 3.75. The molecule has 2 amide bonds. The lowest BCUT2D eigenvalue weighted by molar-refractivity contribution is -0.117. The molecule has 0 radical (unpaired) electrons. The van der Waals surface area contributed by atoms with Crippen molar-refractivity contribution < 1.29 is 19.1 Å². The Bertz CT molecular complexity index is 1220. The number of carbonyl (C=O) groups is 2. The average molecular weight is 527 g/mol. The maximum atomic E-state index is 13.5. The third-order valence-corrected chi connectivity index (χ3v) is 5.87. The predicted molar refractivity (Wildman–Crippen MR) is 146 cm³/mol. The fraction of sp³-hybridized carbons (Fsp3) is 0.393. The first kappa shape index (κ1) is 28.1. The normalized spacial score (nSPS) is 11.4. The summed E-state index contributed by atoms with van der Waals surface area (Å²) in [7, 11) is 3.05. The summed E-state index contributed by atoms with van der Waals surface area (Å²) in [4.78, 5) is 28.3. The molecule has 37 heavy (non-hydrogen) atoms. The maximum Gasteiger partial charge on any atom is 0.254 e. The third-order valence-electron chi connectivity index (χ3n) is 5.62. The highest BCUT2D eigenvalue weighted by atomic mass is 35.5. The minimum Gasteiger partial charge on any atom is -0.497 e. The van der Waals surface area contributed by atoms with Crippen LogP contribution in [0.4, 0.5) is 5.82 Å². The lowest BCUT2D eigenvalue weighted by atomic mass is 9.92. The van der Waals surface area contributed by atoms with Crippen LogP contribution in [-0.4, -0.2) is 53.8 Å². The number of amides is 2. The summed E-state index contributed by atoms with van der Waals surface area (Å²) in [6.45, 7) is 10.4. The Labute approximate surface area is 223 Å². The number of benzene rings is 2. The number of halogens is 1. The van der Waals surface area contributed by atoms with Crippen molar-refractivity contribution in [3.63, 3.8) is 0 Å². The van der Waals surface area contributed by atoms with E-state index >= 15 is 0 Å². The summed E-state index contributed by atoms with van der Waals surface area (Å²) in [5, 5.41) is 8.30.